The molecule has 1 aromatic carbocycles. The first-order valence-electron chi connectivity index (χ1n) is 7.77. The number of rotatable bonds is 4. The number of ether oxygens (including phenoxy) is 1. The Labute approximate surface area is 144 Å². The van der Waals surface area contributed by atoms with Crippen LogP contribution in [0.1, 0.15) is 29.4 Å². The molecule has 0 saturated carbocycles. The lowest BCUT2D eigenvalue weighted by molar-refractivity contribution is -0.131. The van der Waals surface area contributed by atoms with Crippen LogP contribution >= 0.6 is 0 Å². The van der Waals surface area contributed by atoms with Gasteiger partial charge in [0.2, 0.25) is 0 Å². The second-order valence-electron chi connectivity index (χ2n) is 6.05. The fourth-order valence-electron chi connectivity index (χ4n) is 2.49. The lowest BCUT2D eigenvalue weighted by atomic mass is 10.1. The number of phenolic OH excluding ortho intramolecular Hbond substituents is 1. The van der Waals surface area contributed by atoms with Crippen LogP contribution in [0.15, 0.2) is 30.6 Å². The summed E-state index contributed by atoms with van der Waals surface area (Å²) in [5.41, 5.74) is -0.113. The Kier molecular flexibility index (Phi) is 4.26. The number of hydrogen-bond donors (Lipinski definition) is 3. The number of nitrogens with one attached hydrogen (secondary N) is 2. The minimum Gasteiger partial charge on any atom is -0.508 e. The van der Waals surface area contributed by atoms with Crippen molar-refractivity contribution >= 4 is 17.6 Å². The topological polar surface area (TPSA) is 113 Å². The van der Waals surface area contributed by atoms with E-state index in [9.17, 15) is 14.7 Å². The van der Waals surface area contributed by atoms with Crippen molar-refractivity contribution in [1.82, 2.24) is 15.3 Å². The number of phenols is 1. The average Bonchev–Trinajstić information content (AvgIpc) is 2.87. The Bertz CT molecular complexity index is 822. The van der Waals surface area contributed by atoms with Gasteiger partial charge >= 0.3 is 0 Å². The number of aromatic hydroxyl groups is 1. The first kappa shape index (κ1) is 16.7. The van der Waals surface area contributed by atoms with Gasteiger partial charge in [-0.2, -0.15) is 0 Å². The van der Waals surface area contributed by atoms with Crippen molar-refractivity contribution < 1.29 is 19.4 Å². The number of carbonyl (C=O) groups is 2. The Hall–Kier alpha value is -3.16. The van der Waals surface area contributed by atoms with E-state index in [1.165, 1.54) is 30.6 Å². The smallest absolute Gasteiger partial charge is 0.263 e. The third-order valence-electron chi connectivity index (χ3n) is 3.89. The highest BCUT2D eigenvalue weighted by molar-refractivity contribution is 6.04. The van der Waals surface area contributed by atoms with Crippen molar-refractivity contribution in [3.63, 3.8) is 0 Å². The van der Waals surface area contributed by atoms with Gasteiger partial charge in [-0.1, -0.05) is 0 Å². The molecule has 1 saturated heterocycles. The van der Waals surface area contributed by atoms with Gasteiger partial charge in [-0.25, -0.2) is 4.98 Å². The van der Waals surface area contributed by atoms with Crippen molar-refractivity contribution in [2.24, 2.45) is 0 Å². The number of aromatic nitrogens is 2. The van der Waals surface area contributed by atoms with Crippen LogP contribution in [-0.4, -0.2) is 39.0 Å². The van der Waals surface area contributed by atoms with Gasteiger partial charge in [-0.3, -0.25) is 14.6 Å². The minimum atomic E-state index is -1.02. The summed E-state index contributed by atoms with van der Waals surface area (Å²) >= 11 is 0. The maximum atomic E-state index is 12.4. The molecule has 1 atom stereocenters. The van der Waals surface area contributed by atoms with Crippen molar-refractivity contribution in [3.05, 3.63) is 41.9 Å². The predicted molar refractivity (Wildman–Crippen MR) is 89.5 cm³/mol. The Morgan fingerprint density at radius 2 is 2.12 bits per heavy atom. The van der Waals surface area contributed by atoms with Gasteiger partial charge in [0.05, 0.1) is 18.1 Å². The molecule has 2 aromatic rings. The summed E-state index contributed by atoms with van der Waals surface area (Å²) < 4.78 is 5.73. The highest BCUT2D eigenvalue weighted by Crippen LogP contribution is 2.29. The average molecular weight is 342 g/mol. The summed E-state index contributed by atoms with van der Waals surface area (Å²) in [5, 5.41) is 15.2. The SMILES string of the molecule is Cc1cnc(NC(=O)c2cc(O)cc(O[C@@]3(C)CCNC3=O)c2)cn1. The quantitative estimate of drug-likeness (QED) is 0.774. The molecule has 1 fully saturated rings. The molecule has 8 heteroatoms. The summed E-state index contributed by atoms with van der Waals surface area (Å²) in [5.74, 6) is -0.306. The monoisotopic (exact) mass is 342 g/mol. The van der Waals surface area contributed by atoms with Gasteiger partial charge in [0.1, 0.15) is 11.5 Å². The molecule has 25 heavy (non-hydrogen) atoms. The van der Waals surface area contributed by atoms with Gasteiger partial charge < -0.3 is 20.5 Å². The molecule has 130 valence electrons. The number of anilines is 1. The molecule has 0 radical (unpaired) electrons. The summed E-state index contributed by atoms with van der Waals surface area (Å²) in [6, 6.07) is 4.13. The Morgan fingerprint density at radius 1 is 1.32 bits per heavy atom. The zero-order valence-corrected chi connectivity index (χ0v) is 13.9. The largest absolute Gasteiger partial charge is 0.508 e. The molecular formula is C17H18N4O4. The van der Waals surface area contributed by atoms with Gasteiger partial charge in [0, 0.05) is 24.6 Å². The van der Waals surface area contributed by atoms with E-state index in [1.54, 1.807) is 13.8 Å². The van der Waals surface area contributed by atoms with Crippen LogP contribution < -0.4 is 15.4 Å². The van der Waals surface area contributed by atoms with Gasteiger partial charge in [0.15, 0.2) is 11.4 Å². The molecule has 0 spiro atoms. The third-order valence-corrected chi connectivity index (χ3v) is 3.89. The first-order valence-corrected chi connectivity index (χ1v) is 7.77. The van der Waals surface area contributed by atoms with Crippen LogP contribution in [0.2, 0.25) is 0 Å². The molecule has 8 nitrogen and oxygen atoms in total. The second-order valence-corrected chi connectivity index (χ2v) is 6.05. The molecular weight excluding hydrogens is 324 g/mol. The van der Waals surface area contributed by atoms with E-state index in [-0.39, 0.29) is 23.0 Å². The number of hydrogen-bond acceptors (Lipinski definition) is 6. The molecule has 2 amide bonds. The number of nitrogens with zero attached hydrogens (tertiary/aromatic N) is 2. The molecule has 1 aromatic heterocycles. The van der Waals surface area contributed by atoms with Crippen LogP contribution in [0.25, 0.3) is 0 Å². The molecule has 0 aliphatic carbocycles. The number of benzene rings is 1. The Morgan fingerprint density at radius 3 is 2.76 bits per heavy atom. The van der Waals surface area contributed by atoms with Gasteiger partial charge in [-0.05, 0) is 26.0 Å². The molecule has 3 N–H and O–H groups in total. The lowest BCUT2D eigenvalue weighted by Crippen LogP contribution is -2.40. The van der Waals surface area contributed by atoms with Crippen LogP contribution in [-0.2, 0) is 4.79 Å². The lowest BCUT2D eigenvalue weighted by Gasteiger charge is -2.23. The standard InChI is InChI=1S/C17H18N4O4/c1-10-8-20-14(9-19-10)21-15(23)11-5-12(22)7-13(6-11)25-17(2)3-4-18-16(17)24/h5-9,22H,3-4H2,1-2H3,(H,18,24)(H,20,21,23)/t17-/m0/s1. The van der Waals surface area contributed by atoms with Crippen LogP contribution in [0, 0.1) is 6.92 Å². The summed E-state index contributed by atoms with van der Waals surface area (Å²) in [7, 11) is 0. The molecule has 3 rings (SSSR count). The van der Waals surface area contributed by atoms with Crippen molar-refractivity contribution in [2.45, 2.75) is 25.9 Å². The summed E-state index contributed by atoms with van der Waals surface area (Å²) in [6.07, 6.45) is 3.48. The predicted octanol–water partition coefficient (Wildman–Crippen LogP) is 1.40. The fraction of sp³-hybridized carbons (Fsp3) is 0.294. The zero-order valence-electron chi connectivity index (χ0n) is 13.9. The highest BCUT2D eigenvalue weighted by Gasteiger charge is 2.40. The van der Waals surface area contributed by atoms with E-state index in [0.29, 0.717) is 18.8 Å². The molecule has 1 aliphatic rings. The van der Waals surface area contributed by atoms with E-state index in [0.717, 1.165) is 5.69 Å². The highest BCUT2D eigenvalue weighted by atomic mass is 16.5. The van der Waals surface area contributed by atoms with Crippen LogP contribution in [0.5, 0.6) is 11.5 Å². The van der Waals surface area contributed by atoms with E-state index in [2.05, 4.69) is 20.6 Å². The third kappa shape index (κ3) is 3.68. The minimum absolute atomic E-state index is 0.139. The normalized spacial score (nSPS) is 19.4. The Balaban J connectivity index is 1.80. The summed E-state index contributed by atoms with van der Waals surface area (Å²) in [4.78, 5) is 32.3. The maximum absolute atomic E-state index is 12.4. The van der Waals surface area contributed by atoms with E-state index in [4.69, 9.17) is 4.74 Å². The zero-order chi connectivity index (χ0) is 18.0. The van der Waals surface area contributed by atoms with Crippen molar-refractivity contribution in [3.8, 4) is 11.5 Å². The van der Waals surface area contributed by atoms with E-state index in [1.807, 2.05) is 0 Å². The number of amides is 2. The van der Waals surface area contributed by atoms with E-state index < -0.39 is 11.5 Å². The fourth-order valence-corrected chi connectivity index (χ4v) is 2.49. The van der Waals surface area contributed by atoms with E-state index >= 15 is 0 Å². The van der Waals surface area contributed by atoms with Crippen molar-refractivity contribution in [2.75, 3.05) is 11.9 Å². The van der Waals surface area contributed by atoms with Crippen molar-refractivity contribution in [1.29, 1.82) is 0 Å². The molecule has 2 heterocycles. The molecule has 0 bridgehead atoms. The van der Waals surface area contributed by atoms with Gasteiger partial charge in [-0.15, -0.1) is 0 Å². The summed E-state index contributed by atoms with van der Waals surface area (Å²) in [6.45, 7) is 3.98. The second kappa shape index (κ2) is 6.39. The number of aryl methyl sites for hydroxylation is 1. The van der Waals surface area contributed by atoms with Crippen LogP contribution in [0.3, 0.4) is 0 Å². The van der Waals surface area contributed by atoms with Crippen LogP contribution in [0.4, 0.5) is 5.82 Å². The number of carbonyl (C=O) groups excluding carboxylic acids is 2. The molecule has 0 unspecified atom stereocenters. The maximum Gasteiger partial charge on any atom is 0.263 e. The van der Waals surface area contributed by atoms with Gasteiger partial charge in [0.25, 0.3) is 11.8 Å². The molecule has 1 aliphatic heterocycles. The first-order chi connectivity index (χ1) is 11.9.